The van der Waals surface area contributed by atoms with E-state index in [1.54, 1.807) is 6.07 Å². The van der Waals surface area contributed by atoms with Gasteiger partial charge in [-0.25, -0.2) is 0 Å². The van der Waals surface area contributed by atoms with Crippen LogP contribution in [0.4, 0.5) is 22.7 Å². The lowest BCUT2D eigenvalue weighted by atomic mass is 10.1. The Bertz CT molecular complexity index is 578. The van der Waals surface area contributed by atoms with Crippen LogP contribution in [-0.2, 0) is 13.0 Å². The number of anilines is 4. The fourth-order valence-corrected chi connectivity index (χ4v) is 2.16. The Morgan fingerprint density at radius 2 is 1.60 bits per heavy atom. The number of hydrogen-bond donors (Lipinski definition) is 5. The molecule has 106 valence electrons. The van der Waals surface area contributed by atoms with E-state index in [0.717, 1.165) is 16.8 Å². The molecule has 0 aliphatic rings. The molecule has 2 aromatic rings. The summed E-state index contributed by atoms with van der Waals surface area (Å²) in [7, 11) is 0. The van der Waals surface area contributed by atoms with Gasteiger partial charge in [-0.2, -0.15) is 0 Å². The maximum Gasteiger partial charge on any atom is 0.0472 e. The first-order valence-corrected chi connectivity index (χ1v) is 6.46. The molecule has 0 amide bonds. The molecular weight excluding hydrogens is 252 g/mol. The van der Waals surface area contributed by atoms with Crippen LogP contribution in [0.3, 0.4) is 0 Å². The number of hydrogen-bond acceptors (Lipinski definition) is 5. The quantitative estimate of drug-likeness (QED) is 0.531. The van der Waals surface area contributed by atoms with E-state index >= 15 is 0 Å². The van der Waals surface area contributed by atoms with E-state index in [-0.39, 0.29) is 6.61 Å². The summed E-state index contributed by atoms with van der Waals surface area (Å²) in [5.41, 5.74) is 22.2. The molecule has 0 aliphatic carbocycles. The Morgan fingerprint density at radius 1 is 0.900 bits per heavy atom. The summed E-state index contributed by atoms with van der Waals surface area (Å²) >= 11 is 0. The number of nitrogen functional groups attached to an aromatic ring is 3. The van der Waals surface area contributed by atoms with Crippen molar-refractivity contribution in [2.45, 2.75) is 13.0 Å². The second kappa shape index (κ2) is 6.16. The topological polar surface area (TPSA) is 110 Å². The van der Waals surface area contributed by atoms with Crippen molar-refractivity contribution in [3.05, 3.63) is 47.5 Å². The zero-order chi connectivity index (χ0) is 14.5. The molecule has 20 heavy (non-hydrogen) atoms. The van der Waals surface area contributed by atoms with E-state index in [9.17, 15) is 0 Å². The molecule has 0 heterocycles. The SMILES string of the molecule is Nc1cc(N)cc(CNc2ccc(N)cc2CCO)c1. The largest absolute Gasteiger partial charge is 0.399 e. The predicted molar refractivity (Wildman–Crippen MR) is 84.2 cm³/mol. The van der Waals surface area contributed by atoms with Crippen molar-refractivity contribution in [3.8, 4) is 0 Å². The molecule has 0 aliphatic heterocycles. The lowest BCUT2D eigenvalue weighted by molar-refractivity contribution is 0.300. The fourth-order valence-electron chi connectivity index (χ4n) is 2.16. The summed E-state index contributed by atoms with van der Waals surface area (Å²) in [5.74, 6) is 0. The van der Waals surface area contributed by atoms with Crippen LogP contribution in [0.5, 0.6) is 0 Å². The summed E-state index contributed by atoms with van der Waals surface area (Å²) in [6.45, 7) is 0.695. The van der Waals surface area contributed by atoms with Gasteiger partial charge in [0.2, 0.25) is 0 Å². The van der Waals surface area contributed by atoms with Gasteiger partial charge in [-0.05, 0) is 53.9 Å². The summed E-state index contributed by atoms with van der Waals surface area (Å²) in [6.07, 6.45) is 0.562. The molecule has 5 heteroatoms. The van der Waals surface area contributed by atoms with Gasteiger partial charge in [0.05, 0.1) is 0 Å². The molecule has 0 unspecified atom stereocenters. The average molecular weight is 272 g/mol. The van der Waals surface area contributed by atoms with Crippen molar-refractivity contribution in [1.29, 1.82) is 0 Å². The van der Waals surface area contributed by atoms with Crippen molar-refractivity contribution >= 4 is 22.7 Å². The Kier molecular flexibility index (Phi) is 4.32. The number of rotatable bonds is 5. The molecule has 0 spiro atoms. The van der Waals surface area contributed by atoms with E-state index in [0.29, 0.717) is 30.0 Å². The molecule has 0 bridgehead atoms. The maximum atomic E-state index is 9.09. The van der Waals surface area contributed by atoms with Gasteiger partial charge < -0.3 is 27.6 Å². The van der Waals surface area contributed by atoms with Gasteiger partial charge in [-0.1, -0.05) is 0 Å². The number of aliphatic hydroxyl groups is 1. The molecule has 0 radical (unpaired) electrons. The van der Waals surface area contributed by atoms with Crippen LogP contribution >= 0.6 is 0 Å². The molecule has 0 fully saturated rings. The van der Waals surface area contributed by atoms with Crippen LogP contribution in [-0.4, -0.2) is 11.7 Å². The minimum atomic E-state index is 0.0867. The Balaban J connectivity index is 2.13. The van der Waals surface area contributed by atoms with Gasteiger partial charge in [0.1, 0.15) is 0 Å². The molecule has 2 aromatic carbocycles. The van der Waals surface area contributed by atoms with Gasteiger partial charge in [-0.15, -0.1) is 0 Å². The van der Waals surface area contributed by atoms with Crippen molar-refractivity contribution in [2.75, 3.05) is 29.1 Å². The molecule has 8 N–H and O–H groups in total. The number of nitrogens with two attached hydrogens (primary N) is 3. The highest BCUT2D eigenvalue weighted by Crippen LogP contribution is 2.21. The molecule has 0 aromatic heterocycles. The standard InChI is InChI=1S/C15H20N4O/c16-12-1-2-15(11(7-12)3-4-20)19-9-10-5-13(17)8-14(18)6-10/h1-2,5-8,19-20H,3-4,9,16-18H2. The van der Waals surface area contributed by atoms with E-state index in [2.05, 4.69) is 5.32 Å². The molecule has 0 saturated heterocycles. The molecule has 0 atom stereocenters. The van der Waals surface area contributed by atoms with Gasteiger partial charge in [0.25, 0.3) is 0 Å². The van der Waals surface area contributed by atoms with E-state index in [1.807, 2.05) is 30.3 Å². The summed E-state index contributed by atoms with van der Waals surface area (Å²) in [6, 6.07) is 11.1. The molecular formula is C15H20N4O. The predicted octanol–water partition coefficient (Wildman–Crippen LogP) is 1.58. The average Bonchev–Trinajstić information content (AvgIpc) is 2.37. The zero-order valence-corrected chi connectivity index (χ0v) is 11.3. The Hall–Kier alpha value is -2.40. The summed E-state index contributed by atoms with van der Waals surface area (Å²) in [5, 5.41) is 12.4. The van der Waals surface area contributed by atoms with Crippen LogP contribution in [0.2, 0.25) is 0 Å². The summed E-state index contributed by atoms with van der Waals surface area (Å²) in [4.78, 5) is 0. The minimum absolute atomic E-state index is 0.0867. The van der Waals surface area contributed by atoms with Gasteiger partial charge in [0.15, 0.2) is 0 Å². The highest BCUT2D eigenvalue weighted by atomic mass is 16.2. The summed E-state index contributed by atoms with van der Waals surface area (Å²) < 4.78 is 0. The van der Waals surface area contributed by atoms with Gasteiger partial charge in [-0.3, -0.25) is 0 Å². The van der Waals surface area contributed by atoms with E-state index < -0.39 is 0 Å². The lowest BCUT2D eigenvalue weighted by Crippen LogP contribution is -2.05. The smallest absolute Gasteiger partial charge is 0.0472 e. The number of benzene rings is 2. The highest BCUT2D eigenvalue weighted by molar-refractivity contribution is 5.59. The third kappa shape index (κ3) is 3.55. The molecule has 0 saturated carbocycles. The van der Waals surface area contributed by atoms with Crippen LogP contribution in [0.25, 0.3) is 0 Å². The first-order chi connectivity index (χ1) is 9.58. The number of aliphatic hydroxyl groups excluding tert-OH is 1. The number of nitrogens with one attached hydrogen (secondary N) is 1. The normalized spacial score (nSPS) is 10.4. The Labute approximate surface area is 118 Å². The van der Waals surface area contributed by atoms with Crippen LogP contribution < -0.4 is 22.5 Å². The van der Waals surface area contributed by atoms with Crippen LogP contribution in [0.15, 0.2) is 36.4 Å². The highest BCUT2D eigenvalue weighted by Gasteiger charge is 2.03. The first-order valence-electron chi connectivity index (χ1n) is 6.46. The lowest BCUT2D eigenvalue weighted by Gasteiger charge is -2.13. The van der Waals surface area contributed by atoms with Crippen molar-refractivity contribution in [2.24, 2.45) is 0 Å². The van der Waals surface area contributed by atoms with Crippen molar-refractivity contribution in [3.63, 3.8) is 0 Å². The third-order valence-corrected chi connectivity index (χ3v) is 3.03. The van der Waals surface area contributed by atoms with Crippen molar-refractivity contribution in [1.82, 2.24) is 0 Å². The fraction of sp³-hybridized carbons (Fsp3) is 0.200. The third-order valence-electron chi connectivity index (χ3n) is 3.03. The van der Waals surface area contributed by atoms with E-state index in [4.69, 9.17) is 22.3 Å². The van der Waals surface area contributed by atoms with Gasteiger partial charge >= 0.3 is 0 Å². The minimum Gasteiger partial charge on any atom is -0.399 e. The van der Waals surface area contributed by atoms with Gasteiger partial charge in [0, 0.05) is 35.9 Å². The van der Waals surface area contributed by atoms with Crippen LogP contribution in [0.1, 0.15) is 11.1 Å². The second-order valence-corrected chi connectivity index (χ2v) is 4.75. The molecule has 2 rings (SSSR count). The van der Waals surface area contributed by atoms with E-state index in [1.165, 1.54) is 0 Å². The zero-order valence-electron chi connectivity index (χ0n) is 11.3. The van der Waals surface area contributed by atoms with Crippen LogP contribution in [0, 0.1) is 0 Å². The molecule has 5 nitrogen and oxygen atoms in total. The maximum absolute atomic E-state index is 9.09. The Morgan fingerprint density at radius 3 is 2.25 bits per heavy atom. The monoisotopic (exact) mass is 272 g/mol. The van der Waals surface area contributed by atoms with Crippen molar-refractivity contribution < 1.29 is 5.11 Å². The first kappa shape index (κ1) is 14.0. The second-order valence-electron chi connectivity index (χ2n) is 4.75.